The summed E-state index contributed by atoms with van der Waals surface area (Å²) in [5, 5.41) is 6.22. The van der Waals surface area contributed by atoms with E-state index in [0.717, 1.165) is 31.2 Å². The van der Waals surface area contributed by atoms with E-state index in [2.05, 4.69) is 10.6 Å². The number of rotatable bonds is 8. The molecular formula is C32H37N3O5. The maximum atomic E-state index is 14.3. The third kappa shape index (κ3) is 4.48. The van der Waals surface area contributed by atoms with Gasteiger partial charge in [-0.05, 0) is 56.5 Å². The van der Waals surface area contributed by atoms with E-state index in [4.69, 9.17) is 9.47 Å². The molecule has 0 unspecified atom stereocenters. The zero-order chi connectivity index (χ0) is 27.9. The first-order chi connectivity index (χ1) is 19.4. The molecule has 8 heteroatoms. The van der Waals surface area contributed by atoms with Crippen LogP contribution in [0.4, 0.5) is 5.69 Å². The molecule has 2 bridgehead atoms. The van der Waals surface area contributed by atoms with Crippen molar-refractivity contribution in [3.8, 4) is 5.75 Å². The molecule has 8 nitrogen and oxygen atoms in total. The van der Waals surface area contributed by atoms with Crippen molar-refractivity contribution < 1.29 is 23.9 Å². The van der Waals surface area contributed by atoms with E-state index >= 15 is 0 Å². The second-order valence-electron chi connectivity index (χ2n) is 11.3. The quantitative estimate of drug-likeness (QED) is 0.482. The van der Waals surface area contributed by atoms with E-state index in [0.29, 0.717) is 18.0 Å². The van der Waals surface area contributed by atoms with Crippen LogP contribution >= 0.6 is 0 Å². The molecule has 1 aliphatic carbocycles. The first-order valence-electron chi connectivity index (χ1n) is 14.5. The van der Waals surface area contributed by atoms with Crippen LogP contribution in [0.5, 0.6) is 5.75 Å². The minimum absolute atomic E-state index is 0.0852. The number of hydrogen-bond acceptors (Lipinski definition) is 5. The Labute approximate surface area is 235 Å². The smallest absolute Gasteiger partial charge is 0.246 e. The minimum atomic E-state index is -1.19. The van der Waals surface area contributed by atoms with E-state index in [1.165, 1.54) is 6.42 Å². The summed E-state index contributed by atoms with van der Waals surface area (Å²) in [4.78, 5) is 43.7. The molecule has 0 radical (unpaired) electrons. The standard InChI is InChI=1S/C32H37N3O5/c1-3-39-24-16-14-23(15-17-24)33-29(36)26-25-18-19-32(40-25)27(26)31(38)35(20(2)21-10-6-4-7-11-21)28(32)30(37)34-22-12-8-5-9-13-22/h4,6-7,10-11,14-20,22,25-28H,3,5,8-9,12-13H2,1-2H3,(H,33,36)(H,34,37)/t20-,25-,26+,27-,28-,32-/m0/s1. The fourth-order valence-electron chi connectivity index (χ4n) is 7.07. The lowest BCUT2D eigenvalue weighted by molar-refractivity contribution is -0.143. The van der Waals surface area contributed by atoms with Crippen LogP contribution in [-0.2, 0) is 19.1 Å². The van der Waals surface area contributed by atoms with Crippen molar-refractivity contribution in [1.29, 1.82) is 0 Å². The van der Waals surface area contributed by atoms with E-state index in [1.54, 1.807) is 29.2 Å². The number of fused-ring (bicyclic) bond motifs is 1. The Balaban J connectivity index is 1.31. The van der Waals surface area contributed by atoms with Gasteiger partial charge in [-0.2, -0.15) is 0 Å². The molecule has 6 atom stereocenters. The van der Waals surface area contributed by atoms with Crippen molar-refractivity contribution >= 4 is 23.4 Å². The lowest BCUT2D eigenvalue weighted by Gasteiger charge is -2.37. The van der Waals surface area contributed by atoms with Crippen molar-refractivity contribution in [2.24, 2.45) is 11.8 Å². The Morgan fingerprint density at radius 1 is 1.05 bits per heavy atom. The number of anilines is 1. The van der Waals surface area contributed by atoms with Crippen LogP contribution in [0.1, 0.15) is 57.6 Å². The van der Waals surface area contributed by atoms with Gasteiger partial charge in [0.2, 0.25) is 17.7 Å². The van der Waals surface area contributed by atoms with Gasteiger partial charge < -0.3 is 25.0 Å². The van der Waals surface area contributed by atoms with Gasteiger partial charge in [0.25, 0.3) is 0 Å². The molecule has 0 aromatic heterocycles. The fraction of sp³-hybridized carbons (Fsp3) is 0.469. The maximum absolute atomic E-state index is 14.3. The van der Waals surface area contributed by atoms with Crippen LogP contribution in [-0.4, -0.2) is 53.0 Å². The van der Waals surface area contributed by atoms with Crippen LogP contribution < -0.4 is 15.4 Å². The predicted octanol–water partition coefficient (Wildman–Crippen LogP) is 4.38. The molecule has 6 rings (SSSR count). The number of ether oxygens (including phenoxy) is 2. The van der Waals surface area contributed by atoms with Gasteiger partial charge in [-0.3, -0.25) is 14.4 Å². The van der Waals surface area contributed by atoms with Gasteiger partial charge in [0.15, 0.2) is 0 Å². The summed E-state index contributed by atoms with van der Waals surface area (Å²) >= 11 is 0. The first kappa shape index (κ1) is 26.6. The van der Waals surface area contributed by atoms with Gasteiger partial charge in [-0.15, -0.1) is 0 Å². The van der Waals surface area contributed by atoms with Crippen LogP contribution in [0.3, 0.4) is 0 Å². The van der Waals surface area contributed by atoms with E-state index in [9.17, 15) is 14.4 Å². The highest BCUT2D eigenvalue weighted by Gasteiger charge is 2.73. The number of nitrogens with zero attached hydrogens (tertiary/aromatic N) is 1. The summed E-state index contributed by atoms with van der Waals surface area (Å²) in [6.45, 7) is 4.41. The molecule has 210 valence electrons. The molecule has 3 aliphatic heterocycles. The van der Waals surface area contributed by atoms with Crippen LogP contribution in [0, 0.1) is 11.8 Å². The Morgan fingerprint density at radius 2 is 1.77 bits per heavy atom. The molecule has 1 saturated carbocycles. The SMILES string of the molecule is CCOc1ccc(NC(=O)[C@@H]2[C@@H]3C=C[C@]4(O3)[C@@H]2C(=O)N([C@@H](C)c2ccccc2)[C@H]4C(=O)NC2CCCCC2)cc1. The molecule has 4 aliphatic rings. The molecular weight excluding hydrogens is 506 g/mol. The Morgan fingerprint density at radius 3 is 2.48 bits per heavy atom. The fourth-order valence-corrected chi connectivity index (χ4v) is 7.07. The number of hydrogen-bond donors (Lipinski definition) is 2. The summed E-state index contributed by atoms with van der Waals surface area (Å²) in [7, 11) is 0. The molecule has 3 amide bonds. The lowest BCUT2D eigenvalue weighted by Crippen LogP contribution is -2.56. The Kier molecular flexibility index (Phi) is 7.13. The van der Waals surface area contributed by atoms with E-state index in [-0.39, 0.29) is 29.8 Å². The largest absolute Gasteiger partial charge is 0.494 e. The molecule has 2 aromatic carbocycles. The van der Waals surface area contributed by atoms with E-state index in [1.807, 2.05) is 56.3 Å². The van der Waals surface area contributed by atoms with Crippen molar-refractivity contribution in [1.82, 2.24) is 10.2 Å². The van der Waals surface area contributed by atoms with Gasteiger partial charge in [0.1, 0.15) is 17.4 Å². The third-order valence-corrected chi connectivity index (χ3v) is 8.95. The number of likely N-dealkylation sites (tertiary alicyclic amines) is 1. The molecule has 1 spiro atoms. The number of carbonyl (C=O) groups excluding carboxylic acids is 3. The zero-order valence-corrected chi connectivity index (χ0v) is 23.0. The Hall–Kier alpha value is -3.65. The summed E-state index contributed by atoms with van der Waals surface area (Å²) < 4.78 is 12.0. The van der Waals surface area contributed by atoms with Crippen LogP contribution in [0.2, 0.25) is 0 Å². The highest BCUT2D eigenvalue weighted by atomic mass is 16.5. The summed E-state index contributed by atoms with van der Waals surface area (Å²) in [6.07, 6.45) is 8.35. The summed E-state index contributed by atoms with van der Waals surface area (Å²) in [6, 6.07) is 15.7. The van der Waals surface area contributed by atoms with Crippen molar-refractivity contribution in [3.63, 3.8) is 0 Å². The molecule has 3 fully saturated rings. The maximum Gasteiger partial charge on any atom is 0.246 e. The van der Waals surface area contributed by atoms with Gasteiger partial charge in [-0.25, -0.2) is 0 Å². The molecule has 2 N–H and O–H groups in total. The minimum Gasteiger partial charge on any atom is -0.494 e. The normalized spacial score (nSPS) is 29.8. The second kappa shape index (κ2) is 10.7. The lowest BCUT2D eigenvalue weighted by atomic mass is 9.74. The summed E-state index contributed by atoms with van der Waals surface area (Å²) in [5.74, 6) is -1.55. The van der Waals surface area contributed by atoms with Crippen molar-refractivity contribution in [2.45, 2.75) is 75.8 Å². The average Bonchev–Trinajstić information content (AvgIpc) is 3.62. The van der Waals surface area contributed by atoms with Gasteiger partial charge in [0.05, 0.1) is 30.6 Å². The van der Waals surface area contributed by atoms with Gasteiger partial charge >= 0.3 is 0 Å². The Bertz CT molecular complexity index is 1290. The molecule has 2 aromatic rings. The van der Waals surface area contributed by atoms with Crippen LogP contribution in [0.25, 0.3) is 0 Å². The van der Waals surface area contributed by atoms with Crippen molar-refractivity contribution in [3.05, 3.63) is 72.3 Å². The monoisotopic (exact) mass is 543 g/mol. The predicted molar refractivity (Wildman–Crippen MR) is 150 cm³/mol. The molecule has 3 heterocycles. The number of benzene rings is 2. The van der Waals surface area contributed by atoms with Gasteiger partial charge in [0, 0.05) is 11.7 Å². The van der Waals surface area contributed by atoms with Gasteiger partial charge in [-0.1, -0.05) is 61.7 Å². The average molecular weight is 544 g/mol. The number of carbonyl (C=O) groups is 3. The zero-order valence-electron chi connectivity index (χ0n) is 23.0. The third-order valence-electron chi connectivity index (χ3n) is 8.95. The topological polar surface area (TPSA) is 97.0 Å². The number of nitrogens with one attached hydrogen (secondary N) is 2. The second-order valence-corrected chi connectivity index (χ2v) is 11.3. The highest BCUT2D eigenvalue weighted by Crippen LogP contribution is 2.56. The van der Waals surface area contributed by atoms with E-state index < -0.39 is 29.6 Å². The number of amides is 3. The highest BCUT2D eigenvalue weighted by molar-refractivity contribution is 6.03. The van der Waals surface area contributed by atoms with Crippen molar-refractivity contribution in [2.75, 3.05) is 11.9 Å². The summed E-state index contributed by atoms with van der Waals surface area (Å²) in [5.41, 5.74) is 0.349. The molecule has 2 saturated heterocycles. The first-order valence-corrected chi connectivity index (χ1v) is 14.5. The molecule has 40 heavy (non-hydrogen) atoms. The van der Waals surface area contributed by atoms with Crippen LogP contribution in [0.15, 0.2) is 66.7 Å².